The summed E-state index contributed by atoms with van der Waals surface area (Å²) in [6, 6.07) is 14.2. The minimum Gasteiger partial charge on any atom is -0.493 e. The highest BCUT2D eigenvalue weighted by Crippen LogP contribution is 2.34. The fraction of sp³-hybridized carbons (Fsp3) is 0.333. The molecule has 0 bridgehead atoms. The lowest BCUT2D eigenvalue weighted by Crippen LogP contribution is -2.16. The van der Waals surface area contributed by atoms with Gasteiger partial charge in [-0.25, -0.2) is 0 Å². The predicted octanol–water partition coefficient (Wildman–Crippen LogP) is 3.78. The third kappa shape index (κ3) is 2.97. The fourth-order valence-corrected chi connectivity index (χ4v) is 3.02. The van der Waals surface area contributed by atoms with Gasteiger partial charge < -0.3 is 15.2 Å². The second-order valence-corrected chi connectivity index (χ2v) is 5.51. The van der Waals surface area contributed by atoms with Crippen LogP contribution in [0.15, 0.2) is 42.5 Å². The number of hydrogen-bond donors (Lipinski definition) is 1. The van der Waals surface area contributed by atoms with Crippen LogP contribution in [0.4, 0.5) is 5.69 Å². The van der Waals surface area contributed by atoms with Crippen LogP contribution >= 0.6 is 0 Å². The topological polar surface area (TPSA) is 44.5 Å². The van der Waals surface area contributed by atoms with Gasteiger partial charge in [-0.3, -0.25) is 0 Å². The molecule has 0 spiro atoms. The molecule has 2 N–H and O–H groups in total. The van der Waals surface area contributed by atoms with Gasteiger partial charge in [0, 0.05) is 17.7 Å². The van der Waals surface area contributed by atoms with E-state index in [9.17, 15) is 0 Å². The van der Waals surface area contributed by atoms with E-state index in [0.717, 1.165) is 5.75 Å². The van der Waals surface area contributed by atoms with E-state index in [1.807, 2.05) is 12.1 Å². The number of methoxy groups -OCH3 is 1. The van der Waals surface area contributed by atoms with E-state index in [0.29, 0.717) is 24.0 Å². The predicted molar refractivity (Wildman–Crippen MR) is 85.0 cm³/mol. The van der Waals surface area contributed by atoms with Crippen LogP contribution in [0.5, 0.6) is 11.5 Å². The van der Waals surface area contributed by atoms with Gasteiger partial charge in [-0.2, -0.15) is 0 Å². The average molecular weight is 283 g/mol. The lowest BCUT2D eigenvalue weighted by atomic mass is 9.83. The molecule has 0 saturated carbocycles. The van der Waals surface area contributed by atoms with E-state index in [-0.39, 0.29) is 0 Å². The molecule has 3 heteroatoms. The lowest BCUT2D eigenvalue weighted by molar-refractivity contribution is 0.260. The zero-order valence-electron chi connectivity index (χ0n) is 12.3. The standard InChI is InChI=1S/C18H21NO2/c1-20-18-11-15(19)9-10-17(18)21-12-14-7-4-6-13-5-2-3-8-16(13)14/h2-3,5,8-11,14H,4,6-7,12,19H2,1H3. The minimum absolute atomic E-state index is 0.456. The maximum atomic E-state index is 6.00. The molecule has 0 heterocycles. The van der Waals surface area contributed by atoms with Gasteiger partial charge in [0.05, 0.1) is 13.7 Å². The van der Waals surface area contributed by atoms with Crippen LogP contribution in [0.25, 0.3) is 0 Å². The Kier molecular flexibility index (Phi) is 4.00. The summed E-state index contributed by atoms with van der Waals surface area (Å²) in [6.45, 7) is 0.678. The van der Waals surface area contributed by atoms with Gasteiger partial charge in [-0.15, -0.1) is 0 Å². The monoisotopic (exact) mass is 283 g/mol. The molecule has 0 aromatic heterocycles. The minimum atomic E-state index is 0.456. The smallest absolute Gasteiger partial charge is 0.162 e. The number of rotatable bonds is 4. The molecule has 0 fully saturated rings. The number of benzene rings is 2. The molecule has 2 aromatic rings. The molecule has 1 unspecified atom stereocenters. The van der Waals surface area contributed by atoms with Gasteiger partial charge >= 0.3 is 0 Å². The zero-order valence-corrected chi connectivity index (χ0v) is 12.3. The number of nitrogen functional groups attached to an aromatic ring is 1. The van der Waals surface area contributed by atoms with Crippen LogP contribution in [0.1, 0.15) is 29.9 Å². The van der Waals surface area contributed by atoms with Crippen molar-refractivity contribution >= 4 is 5.69 Å². The SMILES string of the molecule is COc1cc(N)ccc1OCC1CCCc2ccccc21. The summed E-state index contributed by atoms with van der Waals surface area (Å²) in [6.07, 6.45) is 3.58. The third-order valence-corrected chi connectivity index (χ3v) is 4.12. The Bertz CT molecular complexity index is 624. The van der Waals surface area contributed by atoms with Gasteiger partial charge in [0.15, 0.2) is 11.5 Å². The zero-order chi connectivity index (χ0) is 14.7. The molecule has 2 aromatic carbocycles. The average Bonchev–Trinajstić information content (AvgIpc) is 2.53. The number of hydrogen-bond acceptors (Lipinski definition) is 3. The Morgan fingerprint density at radius 1 is 1.14 bits per heavy atom. The molecule has 0 radical (unpaired) electrons. The number of anilines is 1. The molecule has 1 aliphatic carbocycles. The van der Waals surface area contributed by atoms with Crippen molar-refractivity contribution in [3.05, 3.63) is 53.6 Å². The summed E-state index contributed by atoms with van der Waals surface area (Å²) >= 11 is 0. The van der Waals surface area contributed by atoms with Crippen molar-refractivity contribution in [3.8, 4) is 11.5 Å². The number of aryl methyl sites for hydroxylation is 1. The third-order valence-electron chi connectivity index (χ3n) is 4.12. The van der Waals surface area contributed by atoms with Crippen molar-refractivity contribution in [2.75, 3.05) is 19.5 Å². The first-order chi connectivity index (χ1) is 10.3. The highest BCUT2D eigenvalue weighted by molar-refractivity contribution is 5.52. The molecule has 21 heavy (non-hydrogen) atoms. The second kappa shape index (κ2) is 6.08. The quantitative estimate of drug-likeness (QED) is 0.869. The van der Waals surface area contributed by atoms with Crippen LogP contribution < -0.4 is 15.2 Å². The van der Waals surface area contributed by atoms with Gasteiger partial charge in [0.25, 0.3) is 0 Å². The van der Waals surface area contributed by atoms with E-state index in [1.165, 1.54) is 30.4 Å². The molecule has 0 saturated heterocycles. The number of ether oxygens (including phenoxy) is 2. The highest BCUT2D eigenvalue weighted by atomic mass is 16.5. The van der Waals surface area contributed by atoms with Crippen molar-refractivity contribution in [2.45, 2.75) is 25.2 Å². The first-order valence-corrected chi connectivity index (χ1v) is 7.42. The van der Waals surface area contributed by atoms with Crippen LogP contribution in [-0.4, -0.2) is 13.7 Å². The van der Waals surface area contributed by atoms with E-state index >= 15 is 0 Å². The summed E-state index contributed by atoms with van der Waals surface area (Å²) < 4.78 is 11.3. The van der Waals surface area contributed by atoms with Crippen LogP contribution in [-0.2, 0) is 6.42 Å². The van der Waals surface area contributed by atoms with E-state index in [1.54, 1.807) is 13.2 Å². The summed E-state index contributed by atoms with van der Waals surface area (Å²) in [7, 11) is 1.64. The van der Waals surface area contributed by atoms with Crippen molar-refractivity contribution < 1.29 is 9.47 Å². The summed E-state index contributed by atoms with van der Waals surface area (Å²) in [5.41, 5.74) is 9.34. The number of nitrogens with two attached hydrogens (primary N) is 1. The molecule has 1 aliphatic rings. The molecule has 1 atom stereocenters. The molecule has 3 rings (SSSR count). The van der Waals surface area contributed by atoms with Gasteiger partial charge in [-0.05, 0) is 42.5 Å². The van der Waals surface area contributed by atoms with Crippen LogP contribution in [0, 0.1) is 0 Å². The van der Waals surface area contributed by atoms with Gasteiger partial charge in [0.2, 0.25) is 0 Å². The Labute approximate surface area is 125 Å². The summed E-state index contributed by atoms with van der Waals surface area (Å²) in [4.78, 5) is 0. The lowest BCUT2D eigenvalue weighted by Gasteiger charge is -2.25. The molecule has 3 nitrogen and oxygen atoms in total. The number of fused-ring (bicyclic) bond motifs is 1. The van der Waals surface area contributed by atoms with Crippen molar-refractivity contribution in [3.63, 3.8) is 0 Å². The van der Waals surface area contributed by atoms with Crippen LogP contribution in [0.3, 0.4) is 0 Å². The molecular weight excluding hydrogens is 262 g/mol. The summed E-state index contributed by atoms with van der Waals surface area (Å²) in [5, 5.41) is 0. The van der Waals surface area contributed by atoms with Crippen molar-refractivity contribution in [1.29, 1.82) is 0 Å². The fourth-order valence-electron chi connectivity index (χ4n) is 3.02. The highest BCUT2D eigenvalue weighted by Gasteiger charge is 2.20. The van der Waals surface area contributed by atoms with E-state index in [2.05, 4.69) is 24.3 Å². The largest absolute Gasteiger partial charge is 0.493 e. The van der Waals surface area contributed by atoms with Crippen LogP contribution in [0.2, 0.25) is 0 Å². The Hall–Kier alpha value is -2.16. The normalized spacial score (nSPS) is 17.1. The van der Waals surface area contributed by atoms with E-state index < -0.39 is 0 Å². The van der Waals surface area contributed by atoms with Crippen molar-refractivity contribution in [1.82, 2.24) is 0 Å². The Balaban J connectivity index is 1.74. The first-order valence-electron chi connectivity index (χ1n) is 7.42. The maximum absolute atomic E-state index is 6.00. The van der Waals surface area contributed by atoms with Gasteiger partial charge in [0.1, 0.15) is 0 Å². The van der Waals surface area contributed by atoms with Crippen molar-refractivity contribution in [2.24, 2.45) is 0 Å². The molecule has 110 valence electrons. The van der Waals surface area contributed by atoms with Gasteiger partial charge in [-0.1, -0.05) is 24.3 Å². The van der Waals surface area contributed by atoms with E-state index in [4.69, 9.17) is 15.2 Å². The molecule has 0 amide bonds. The first kappa shape index (κ1) is 13.8. The molecular formula is C18H21NO2. The maximum Gasteiger partial charge on any atom is 0.162 e. The second-order valence-electron chi connectivity index (χ2n) is 5.51. The Morgan fingerprint density at radius 3 is 2.86 bits per heavy atom. The Morgan fingerprint density at radius 2 is 2.00 bits per heavy atom. The summed E-state index contributed by atoms with van der Waals surface area (Å²) in [5.74, 6) is 1.91. The molecule has 0 aliphatic heterocycles.